The zero-order chi connectivity index (χ0) is 19.6. The second-order valence-electron chi connectivity index (χ2n) is 7.01. The predicted octanol–water partition coefficient (Wildman–Crippen LogP) is 2.24. The van der Waals surface area contributed by atoms with Gasteiger partial charge in [0, 0.05) is 37.9 Å². The molecule has 0 spiro atoms. The highest BCUT2D eigenvalue weighted by Gasteiger charge is 2.20. The van der Waals surface area contributed by atoms with Gasteiger partial charge in [-0.15, -0.1) is 0 Å². The topological polar surface area (TPSA) is 78.4 Å². The van der Waals surface area contributed by atoms with E-state index in [0.29, 0.717) is 37.7 Å². The number of aromatic nitrogens is 2. The van der Waals surface area contributed by atoms with Crippen molar-refractivity contribution in [1.82, 2.24) is 14.9 Å². The van der Waals surface area contributed by atoms with Gasteiger partial charge < -0.3 is 15.1 Å². The Morgan fingerprint density at radius 3 is 2.22 bits per heavy atom. The molecular weight excluding hydrogens is 342 g/mol. The van der Waals surface area contributed by atoms with Crippen molar-refractivity contribution in [2.75, 3.05) is 36.4 Å². The molecule has 3 rings (SSSR count). The third kappa shape index (κ3) is 4.24. The minimum atomic E-state index is -0.247. The van der Waals surface area contributed by atoms with Crippen LogP contribution in [0.2, 0.25) is 0 Å². The number of rotatable bonds is 4. The monoisotopic (exact) mass is 367 g/mol. The summed E-state index contributed by atoms with van der Waals surface area (Å²) >= 11 is 0. The van der Waals surface area contributed by atoms with Crippen LogP contribution in [0.3, 0.4) is 0 Å². The first kappa shape index (κ1) is 18.8. The van der Waals surface area contributed by atoms with Crippen molar-refractivity contribution in [2.45, 2.75) is 27.7 Å². The summed E-state index contributed by atoms with van der Waals surface area (Å²) in [6.45, 7) is 10.5. The Bertz CT molecular complexity index is 850. The summed E-state index contributed by atoms with van der Waals surface area (Å²) in [5, 5.41) is 2.99. The van der Waals surface area contributed by atoms with Gasteiger partial charge in [0.05, 0.1) is 0 Å². The molecule has 7 nitrogen and oxygen atoms in total. The van der Waals surface area contributed by atoms with Crippen LogP contribution < -0.4 is 10.2 Å². The molecule has 1 aromatic heterocycles. The first-order valence-electron chi connectivity index (χ1n) is 9.06. The summed E-state index contributed by atoms with van der Waals surface area (Å²) in [6, 6.07) is 5.81. The Hall–Kier alpha value is -2.96. The van der Waals surface area contributed by atoms with Gasteiger partial charge >= 0.3 is 0 Å². The Morgan fingerprint density at radius 1 is 1.00 bits per heavy atom. The van der Waals surface area contributed by atoms with Crippen LogP contribution in [0.4, 0.5) is 11.5 Å². The molecule has 0 unspecified atom stereocenters. The van der Waals surface area contributed by atoms with Gasteiger partial charge in [-0.2, -0.15) is 0 Å². The molecule has 142 valence electrons. The fraction of sp³-hybridized carbons (Fsp3) is 0.400. The summed E-state index contributed by atoms with van der Waals surface area (Å²) < 4.78 is 0. The number of benzene rings is 1. The lowest BCUT2D eigenvalue weighted by molar-refractivity contribution is -0.118. The SMILES string of the molecule is Cc1cc(C)c(NC(=O)c2cc(N3CCN(C=O)CC3)nc(C)n2)c(C)c1. The summed E-state index contributed by atoms with van der Waals surface area (Å²) in [7, 11) is 0. The Kier molecular flexibility index (Phi) is 5.39. The third-order valence-corrected chi connectivity index (χ3v) is 4.76. The molecule has 1 aliphatic heterocycles. The summed E-state index contributed by atoms with van der Waals surface area (Å²) in [6.07, 6.45) is 0.869. The highest BCUT2D eigenvalue weighted by atomic mass is 16.2. The molecule has 2 aromatic rings. The number of nitrogens with one attached hydrogen (secondary N) is 1. The quantitative estimate of drug-likeness (QED) is 0.839. The number of aryl methyl sites for hydroxylation is 4. The average molecular weight is 367 g/mol. The lowest BCUT2D eigenvalue weighted by Crippen LogP contribution is -2.46. The van der Waals surface area contributed by atoms with Crippen LogP contribution >= 0.6 is 0 Å². The van der Waals surface area contributed by atoms with Crippen LogP contribution in [-0.2, 0) is 4.79 Å². The molecule has 0 atom stereocenters. The fourth-order valence-corrected chi connectivity index (χ4v) is 3.44. The molecule has 2 heterocycles. The van der Waals surface area contributed by atoms with Crippen LogP contribution in [0.25, 0.3) is 0 Å². The van der Waals surface area contributed by atoms with Gasteiger partial charge in [-0.25, -0.2) is 9.97 Å². The molecule has 1 saturated heterocycles. The Balaban J connectivity index is 1.82. The van der Waals surface area contributed by atoms with Crippen molar-refractivity contribution in [3.8, 4) is 0 Å². The molecule has 1 fully saturated rings. The van der Waals surface area contributed by atoms with Gasteiger partial charge in [0.2, 0.25) is 6.41 Å². The highest BCUT2D eigenvalue weighted by molar-refractivity contribution is 6.04. The van der Waals surface area contributed by atoms with Crippen molar-refractivity contribution in [3.05, 3.63) is 46.4 Å². The molecule has 1 N–H and O–H groups in total. The number of carbonyl (C=O) groups excluding carboxylic acids is 2. The zero-order valence-corrected chi connectivity index (χ0v) is 16.2. The first-order chi connectivity index (χ1) is 12.9. The molecule has 2 amide bonds. The van der Waals surface area contributed by atoms with E-state index in [4.69, 9.17) is 0 Å². The van der Waals surface area contributed by atoms with Gasteiger partial charge in [0.1, 0.15) is 17.3 Å². The second kappa shape index (κ2) is 7.73. The standard InChI is InChI=1S/C20H25N5O2/c1-13-9-14(2)19(15(3)10-13)23-20(27)17-11-18(22-16(4)21-17)25-7-5-24(12-26)6-8-25/h9-12H,5-8H2,1-4H3,(H,23,27). The summed E-state index contributed by atoms with van der Waals surface area (Å²) in [5.74, 6) is 1.02. The zero-order valence-electron chi connectivity index (χ0n) is 16.2. The van der Waals surface area contributed by atoms with Gasteiger partial charge in [-0.05, 0) is 38.8 Å². The van der Waals surface area contributed by atoms with E-state index in [1.807, 2.05) is 32.9 Å². The predicted molar refractivity (Wildman–Crippen MR) is 105 cm³/mol. The van der Waals surface area contributed by atoms with Gasteiger partial charge in [-0.1, -0.05) is 17.7 Å². The van der Waals surface area contributed by atoms with Crippen LogP contribution in [0, 0.1) is 27.7 Å². The second-order valence-corrected chi connectivity index (χ2v) is 7.01. The molecular formula is C20H25N5O2. The highest BCUT2D eigenvalue weighted by Crippen LogP contribution is 2.23. The van der Waals surface area contributed by atoms with E-state index >= 15 is 0 Å². The average Bonchev–Trinajstić information content (AvgIpc) is 2.64. The van der Waals surface area contributed by atoms with Crippen molar-refractivity contribution >= 4 is 23.8 Å². The summed E-state index contributed by atoms with van der Waals surface area (Å²) in [4.78, 5) is 36.3. The number of nitrogens with zero attached hydrogens (tertiary/aromatic N) is 4. The van der Waals surface area contributed by atoms with Crippen LogP contribution in [-0.4, -0.2) is 53.4 Å². The van der Waals surface area contributed by atoms with Gasteiger partial charge in [-0.3, -0.25) is 9.59 Å². The molecule has 7 heteroatoms. The third-order valence-electron chi connectivity index (χ3n) is 4.76. The smallest absolute Gasteiger partial charge is 0.274 e. The van der Waals surface area contributed by atoms with Crippen molar-refractivity contribution < 1.29 is 9.59 Å². The number of hydrogen-bond acceptors (Lipinski definition) is 5. The van der Waals surface area contributed by atoms with E-state index in [9.17, 15) is 9.59 Å². The van der Waals surface area contributed by atoms with Crippen LogP contribution in [0.15, 0.2) is 18.2 Å². The van der Waals surface area contributed by atoms with E-state index in [-0.39, 0.29) is 5.91 Å². The molecule has 0 bridgehead atoms. The lowest BCUT2D eigenvalue weighted by atomic mass is 10.0. The van der Waals surface area contributed by atoms with E-state index in [0.717, 1.165) is 34.6 Å². The maximum atomic E-state index is 12.8. The van der Waals surface area contributed by atoms with Gasteiger partial charge in [0.25, 0.3) is 5.91 Å². The van der Waals surface area contributed by atoms with Crippen molar-refractivity contribution in [1.29, 1.82) is 0 Å². The maximum absolute atomic E-state index is 12.8. The number of hydrogen-bond donors (Lipinski definition) is 1. The van der Waals surface area contributed by atoms with Crippen LogP contribution in [0.1, 0.15) is 33.0 Å². The van der Waals surface area contributed by atoms with Crippen molar-refractivity contribution in [2.24, 2.45) is 0 Å². The Labute approximate surface area is 159 Å². The number of amides is 2. The molecule has 0 radical (unpaired) electrons. The largest absolute Gasteiger partial charge is 0.353 e. The fourth-order valence-electron chi connectivity index (χ4n) is 3.44. The Morgan fingerprint density at radius 2 is 1.63 bits per heavy atom. The van der Waals surface area contributed by atoms with E-state index in [2.05, 4.69) is 20.2 Å². The molecule has 27 heavy (non-hydrogen) atoms. The molecule has 0 saturated carbocycles. The number of carbonyl (C=O) groups is 2. The normalized spacial score (nSPS) is 14.2. The summed E-state index contributed by atoms with van der Waals surface area (Å²) in [5.41, 5.74) is 4.38. The van der Waals surface area contributed by atoms with Gasteiger partial charge in [0.15, 0.2) is 0 Å². The van der Waals surface area contributed by atoms with Crippen LogP contribution in [0.5, 0.6) is 0 Å². The van der Waals surface area contributed by atoms with E-state index in [1.54, 1.807) is 17.9 Å². The minimum absolute atomic E-state index is 0.247. The minimum Gasteiger partial charge on any atom is -0.353 e. The lowest BCUT2D eigenvalue weighted by Gasteiger charge is -2.33. The first-order valence-corrected chi connectivity index (χ1v) is 9.06. The number of piperazine rings is 1. The number of anilines is 2. The van der Waals surface area contributed by atoms with Crippen molar-refractivity contribution in [3.63, 3.8) is 0 Å². The van der Waals surface area contributed by atoms with E-state index in [1.165, 1.54) is 0 Å². The molecule has 1 aliphatic rings. The molecule has 0 aliphatic carbocycles. The van der Waals surface area contributed by atoms with E-state index < -0.39 is 0 Å². The molecule has 1 aromatic carbocycles. The maximum Gasteiger partial charge on any atom is 0.274 e.